The molecule has 0 aliphatic heterocycles. The zero-order valence-corrected chi connectivity index (χ0v) is 8.18. The molecule has 0 amide bonds. The van der Waals surface area contributed by atoms with Gasteiger partial charge in [-0.3, -0.25) is 0 Å². The third-order valence-electron chi connectivity index (χ3n) is 2.46. The van der Waals surface area contributed by atoms with E-state index in [1.165, 1.54) is 0 Å². The van der Waals surface area contributed by atoms with Gasteiger partial charge in [-0.25, -0.2) is 0 Å². The number of carbonyl (C=O) groups excluding carboxylic acids is 1. The Morgan fingerprint density at radius 2 is 1.45 bits per heavy atom. The Morgan fingerprint density at radius 3 is 1.45 bits per heavy atom. The summed E-state index contributed by atoms with van der Waals surface area (Å²) in [4.78, 5) is 10.6. The second-order valence-corrected chi connectivity index (χ2v) is 2.63. The van der Waals surface area contributed by atoms with Gasteiger partial charge in [0.2, 0.25) is 0 Å². The van der Waals surface area contributed by atoms with Crippen molar-refractivity contribution in [2.24, 2.45) is 5.41 Å². The van der Waals surface area contributed by atoms with Gasteiger partial charge in [-0.1, -0.05) is 20.8 Å². The van der Waals surface area contributed by atoms with Crippen molar-refractivity contribution in [3.8, 4) is 0 Å². The summed E-state index contributed by atoms with van der Waals surface area (Å²) < 4.78 is 0. The molecule has 0 heterocycles. The molecule has 0 fully saturated rings. The average molecular weight is 207 g/mol. The van der Waals surface area contributed by atoms with E-state index in [2.05, 4.69) is 0 Å². The van der Waals surface area contributed by atoms with Crippen LogP contribution >= 0.6 is 0 Å². The molecule has 0 rings (SSSR count). The minimum Gasteiger partial charge on any atom is -0.550 e. The fraction of sp³-hybridized carbons (Fsp3) is 0.875. The number of hydrogen-bond acceptors (Lipinski definition) is 2. The number of carboxylic acid groups (broad SMARTS) is 1. The van der Waals surface area contributed by atoms with Gasteiger partial charge in [-0.15, -0.1) is 0 Å². The molecular weight excluding hydrogens is 192 g/mol. The number of rotatable bonds is 4. The minimum atomic E-state index is -0.903. The van der Waals surface area contributed by atoms with Crippen LogP contribution < -0.4 is 5.11 Å². The summed E-state index contributed by atoms with van der Waals surface area (Å²) in [7, 11) is 0. The van der Waals surface area contributed by atoms with Crippen LogP contribution in [0.3, 0.4) is 0 Å². The van der Waals surface area contributed by atoms with Crippen molar-refractivity contribution in [1.29, 1.82) is 0 Å². The number of aliphatic carboxylic acids is 1. The van der Waals surface area contributed by atoms with Gasteiger partial charge in [-0.05, 0) is 19.3 Å². The maximum Gasteiger partial charge on any atom is 1.00 e. The first-order chi connectivity index (χ1) is 4.63. The van der Waals surface area contributed by atoms with E-state index >= 15 is 0 Å². The maximum absolute atomic E-state index is 10.6. The molecule has 0 radical (unpaired) electrons. The topological polar surface area (TPSA) is 40.1 Å². The molecule has 11 heavy (non-hydrogen) atoms. The Morgan fingerprint density at radius 1 is 1.18 bits per heavy atom. The summed E-state index contributed by atoms with van der Waals surface area (Å²) in [5, 5.41) is 10.6. The van der Waals surface area contributed by atoms with Crippen molar-refractivity contribution >= 4 is 5.97 Å². The van der Waals surface area contributed by atoms with Crippen LogP contribution in [-0.4, -0.2) is 5.97 Å². The molecule has 0 bridgehead atoms. The van der Waals surface area contributed by atoms with Gasteiger partial charge >= 0.3 is 17.1 Å². The Hall–Kier alpha value is -0.0105. The maximum atomic E-state index is 10.6. The zero-order chi connectivity index (χ0) is 8.20. The monoisotopic (exact) mass is 206 g/mol. The first-order valence-corrected chi connectivity index (χ1v) is 3.84. The quantitative estimate of drug-likeness (QED) is 0.643. The van der Waals surface area contributed by atoms with Crippen molar-refractivity contribution < 1.29 is 27.0 Å². The number of hydrogen-bond donors (Lipinski definition) is 0. The van der Waals surface area contributed by atoms with Crippen molar-refractivity contribution in [3.63, 3.8) is 0 Å². The van der Waals surface area contributed by atoms with E-state index in [0.29, 0.717) is 19.3 Å². The molecule has 0 atom stereocenters. The molecule has 0 aliphatic rings. The van der Waals surface area contributed by atoms with Gasteiger partial charge in [0.1, 0.15) is 0 Å². The smallest absolute Gasteiger partial charge is 0.550 e. The molecule has 0 aliphatic carbocycles. The molecule has 70 valence electrons. The zero-order valence-electron chi connectivity index (χ0n) is 7.24. The van der Waals surface area contributed by atoms with Crippen LogP contribution in [0.15, 0.2) is 0 Å². The molecule has 0 aromatic carbocycles. The van der Waals surface area contributed by atoms with E-state index in [0.717, 1.165) is 0 Å². The average Bonchev–Trinajstić information content (AvgIpc) is 1.92. The SMILES string of the molecule is CCC(CC)(CC)C(=O)[O-].[Cu+]. The summed E-state index contributed by atoms with van der Waals surface area (Å²) in [5.41, 5.74) is -0.569. The molecule has 3 heteroatoms. The van der Waals surface area contributed by atoms with E-state index in [4.69, 9.17) is 0 Å². The summed E-state index contributed by atoms with van der Waals surface area (Å²) in [6, 6.07) is 0. The normalized spacial score (nSPS) is 10.5. The molecule has 0 spiro atoms. The van der Waals surface area contributed by atoms with Crippen molar-refractivity contribution in [3.05, 3.63) is 0 Å². The van der Waals surface area contributed by atoms with Crippen LogP contribution in [0.1, 0.15) is 40.0 Å². The molecular formula is C8H15CuO2. The van der Waals surface area contributed by atoms with Gasteiger partial charge in [0, 0.05) is 11.4 Å². The van der Waals surface area contributed by atoms with E-state index in [-0.39, 0.29) is 17.1 Å². The summed E-state index contributed by atoms with van der Waals surface area (Å²) >= 11 is 0. The van der Waals surface area contributed by atoms with Gasteiger partial charge in [0.25, 0.3) is 0 Å². The van der Waals surface area contributed by atoms with Crippen LogP contribution in [0.4, 0.5) is 0 Å². The van der Waals surface area contributed by atoms with Crippen molar-refractivity contribution in [1.82, 2.24) is 0 Å². The predicted molar refractivity (Wildman–Crippen MR) is 38.3 cm³/mol. The van der Waals surface area contributed by atoms with Crippen molar-refractivity contribution in [2.45, 2.75) is 40.0 Å². The van der Waals surface area contributed by atoms with Gasteiger partial charge in [0.05, 0.1) is 0 Å². The Bertz CT molecular complexity index is 111. The van der Waals surface area contributed by atoms with E-state index in [1.807, 2.05) is 20.8 Å². The van der Waals surface area contributed by atoms with Crippen LogP contribution in [-0.2, 0) is 21.9 Å². The van der Waals surface area contributed by atoms with Crippen LogP contribution in [0.2, 0.25) is 0 Å². The van der Waals surface area contributed by atoms with E-state index in [9.17, 15) is 9.90 Å². The van der Waals surface area contributed by atoms with Crippen LogP contribution in [0.5, 0.6) is 0 Å². The van der Waals surface area contributed by atoms with Crippen LogP contribution in [0, 0.1) is 5.41 Å². The van der Waals surface area contributed by atoms with Gasteiger partial charge in [0.15, 0.2) is 0 Å². The molecule has 0 aromatic heterocycles. The van der Waals surface area contributed by atoms with E-state index in [1.54, 1.807) is 0 Å². The largest absolute Gasteiger partial charge is 1.00 e. The molecule has 0 aromatic rings. The summed E-state index contributed by atoms with van der Waals surface area (Å²) in [5.74, 6) is -0.903. The third-order valence-corrected chi connectivity index (χ3v) is 2.46. The van der Waals surface area contributed by atoms with E-state index < -0.39 is 11.4 Å². The number of carbonyl (C=O) groups is 1. The predicted octanol–water partition coefficient (Wildman–Crippen LogP) is 0.950. The summed E-state index contributed by atoms with van der Waals surface area (Å²) in [6.07, 6.45) is 2.01. The Labute approximate surface area is 78.8 Å². The fourth-order valence-corrected chi connectivity index (χ4v) is 1.18. The molecule has 0 N–H and O–H groups in total. The van der Waals surface area contributed by atoms with Crippen LogP contribution in [0.25, 0.3) is 0 Å². The molecule has 0 saturated heterocycles. The Kier molecular flexibility index (Phi) is 6.93. The molecule has 2 nitrogen and oxygen atoms in total. The third kappa shape index (κ3) is 2.84. The first-order valence-electron chi connectivity index (χ1n) is 3.84. The first kappa shape index (κ1) is 13.6. The second-order valence-electron chi connectivity index (χ2n) is 2.63. The standard InChI is InChI=1S/C8H16O2.Cu/c1-4-8(5-2,6-3)7(9)10;/h4-6H2,1-3H3,(H,9,10);/q;+1/p-1. The van der Waals surface area contributed by atoms with Gasteiger partial charge < -0.3 is 9.90 Å². The summed E-state index contributed by atoms with van der Waals surface area (Å²) in [6.45, 7) is 5.68. The second kappa shape index (κ2) is 5.62. The van der Waals surface area contributed by atoms with Crippen molar-refractivity contribution in [2.75, 3.05) is 0 Å². The number of carboxylic acids is 1. The molecule has 0 unspecified atom stereocenters. The fourth-order valence-electron chi connectivity index (χ4n) is 1.18. The minimum absolute atomic E-state index is 0. The Balaban J connectivity index is 0. The molecule has 0 saturated carbocycles. The van der Waals surface area contributed by atoms with Gasteiger partial charge in [-0.2, -0.15) is 0 Å².